The van der Waals surface area contributed by atoms with Gasteiger partial charge in [0.1, 0.15) is 0 Å². The zero-order valence-electron chi connectivity index (χ0n) is 8.18. The van der Waals surface area contributed by atoms with Gasteiger partial charge in [0, 0.05) is 12.1 Å². The van der Waals surface area contributed by atoms with E-state index < -0.39 is 0 Å². The Morgan fingerprint density at radius 3 is 2.77 bits per heavy atom. The molecule has 0 aromatic rings. The fourth-order valence-corrected chi connectivity index (χ4v) is 1.76. The minimum atomic E-state index is 0.0462. The maximum Gasteiger partial charge on any atom is 0.234 e. The maximum atomic E-state index is 11.2. The molecule has 1 rings (SSSR count). The van der Waals surface area contributed by atoms with E-state index in [-0.39, 0.29) is 18.0 Å². The van der Waals surface area contributed by atoms with E-state index in [1.54, 1.807) is 7.05 Å². The van der Waals surface area contributed by atoms with E-state index in [2.05, 4.69) is 10.6 Å². The molecule has 0 aromatic heterocycles. The molecule has 4 nitrogen and oxygen atoms in total. The monoisotopic (exact) mass is 185 g/mol. The Labute approximate surface area is 79.3 Å². The lowest BCUT2D eigenvalue weighted by Crippen LogP contribution is -2.50. The van der Waals surface area contributed by atoms with Crippen molar-refractivity contribution in [3.8, 4) is 0 Å². The summed E-state index contributed by atoms with van der Waals surface area (Å²) in [6.07, 6.45) is 4.43. The number of carbonyl (C=O) groups excluding carboxylic acids is 1. The molecular formula is C9H19N3O. The highest BCUT2D eigenvalue weighted by molar-refractivity contribution is 5.78. The first-order valence-electron chi connectivity index (χ1n) is 4.93. The molecule has 0 aromatic carbocycles. The van der Waals surface area contributed by atoms with Crippen LogP contribution in [0.2, 0.25) is 0 Å². The zero-order chi connectivity index (χ0) is 9.68. The van der Waals surface area contributed by atoms with Crippen LogP contribution >= 0.6 is 0 Å². The van der Waals surface area contributed by atoms with Gasteiger partial charge in [-0.1, -0.05) is 12.8 Å². The van der Waals surface area contributed by atoms with Gasteiger partial charge in [0.05, 0.1) is 6.54 Å². The summed E-state index contributed by atoms with van der Waals surface area (Å²) in [5.41, 5.74) is 5.89. The Bertz CT molecular complexity index is 172. The number of rotatable bonds is 3. The first kappa shape index (κ1) is 10.5. The molecule has 4 heteroatoms. The van der Waals surface area contributed by atoms with Gasteiger partial charge < -0.3 is 16.4 Å². The first-order valence-corrected chi connectivity index (χ1v) is 4.93. The van der Waals surface area contributed by atoms with Crippen LogP contribution in [0.15, 0.2) is 0 Å². The van der Waals surface area contributed by atoms with E-state index in [9.17, 15) is 4.79 Å². The molecule has 1 aliphatic rings. The molecular weight excluding hydrogens is 166 g/mol. The Balaban J connectivity index is 2.29. The van der Waals surface area contributed by atoms with Gasteiger partial charge in [-0.15, -0.1) is 0 Å². The summed E-state index contributed by atoms with van der Waals surface area (Å²) in [5.74, 6) is 0.0462. The van der Waals surface area contributed by atoms with Crippen LogP contribution in [0.3, 0.4) is 0 Å². The number of hydrogen-bond donors (Lipinski definition) is 3. The van der Waals surface area contributed by atoms with Crippen LogP contribution < -0.4 is 16.4 Å². The predicted molar refractivity (Wildman–Crippen MR) is 52.3 cm³/mol. The average Bonchev–Trinajstić information content (AvgIpc) is 2.09. The van der Waals surface area contributed by atoms with Gasteiger partial charge >= 0.3 is 0 Å². The fraction of sp³-hybridized carbons (Fsp3) is 0.889. The second-order valence-electron chi connectivity index (χ2n) is 3.65. The molecule has 0 saturated heterocycles. The van der Waals surface area contributed by atoms with Crippen molar-refractivity contribution >= 4 is 5.91 Å². The first-order chi connectivity index (χ1) is 6.24. The standard InChI is InChI=1S/C9H19N3O/c1-11-6-9(13)12-8-5-3-2-4-7(8)10/h7-8,11H,2-6,10H2,1H3,(H,12,13). The van der Waals surface area contributed by atoms with Crippen molar-refractivity contribution in [2.45, 2.75) is 37.8 Å². The van der Waals surface area contributed by atoms with Gasteiger partial charge in [-0.25, -0.2) is 0 Å². The van der Waals surface area contributed by atoms with E-state index in [4.69, 9.17) is 5.73 Å². The van der Waals surface area contributed by atoms with Crippen LogP contribution in [-0.4, -0.2) is 31.6 Å². The lowest BCUT2D eigenvalue weighted by atomic mass is 9.91. The fourth-order valence-electron chi connectivity index (χ4n) is 1.76. The SMILES string of the molecule is CNCC(=O)NC1CCCCC1N. The summed E-state index contributed by atoms with van der Waals surface area (Å²) in [5, 5.41) is 5.76. The lowest BCUT2D eigenvalue weighted by Gasteiger charge is -2.29. The van der Waals surface area contributed by atoms with Crippen LogP contribution in [0.25, 0.3) is 0 Å². The molecule has 1 saturated carbocycles. The molecule has 2 unspecified atom stereocenters. The van der Waals surface area contributed by atoms with Crippen molar-refractivity contribution in [1.82, 2.24) is 10.6 Å². The molecule has 0 heterocycles. The van der Waals surface area contributed by atoms with Crippen molar-refractivity contribution in [2.75, 3.05) is 13.6 Å². The minimum Gasteiger partial charge on any atom is -0.351 e. The highest BCUT2D eigenvalue weighted by atomic mass is 16.1. The largest absolute Gasteiger partial charge is 0.351 e. The number of carbonyl (C=O) groups is 1. The Morgan fingerprint density at radius 1 is 1.46 bits per heavy atom. The maximum absolute atomic E-state index is 11.2. The topological polar surface area (TPSA) is 67.2 Å². The predicted octanol–water partition coefficient (Wildman–Crippen LogP) is -0.408. The van der Waals surface area contributed by atoms with E-state index in [1.165, 1.54) is 12.8 Å². The average molecular weight is 185 g/mol. The summed E-state index contributed by atoms with van der Waals surface area (Å²) >= 11 is 0. The summed E-state index contributed by atoms with van der Waals surface area (Å²) in [6, 6.07) is 0.337. The van der Waals surface area contributed by atoms with Gasteiger partial charge in [-0.3, -0.25) is 4.79 Å². The van der Waals surface area contributed by atoms with E-state index in [0.29, 0.717) is 6.54 Å². The number of hydrogen-bond acceptors (Lipinski definition) is 3. The number of amides is 1. The third-order valence-electron chi connectivity index (χ3n) is 2.50. The second kappa shape index (κ2) is 5.19. The normalized spacial score (nSPS) is 28.5. The lowest BCUT2D eigenvalue weighted by molar-refractivity contribution is -0.121. The quantitative estimate of drug-likeness (QED) is 0.560. The molecule has 0 radical (unpaired) electrons. The highest BCUT2D eigenvalue weighted by Crippen LogP contribution is 2.16. The van der Waals surface area contributed by atoms with Crippen LogP contribution in [0.5, 0.6) is 0 Å². The van der Waals surface area contributed by atoms with Crippen molar-refractivity contribution in [2.24, 2.45) is 5.73 Å². The van der Waals surface area contributed by atoms with Crippen LogP contribution in [-0.2, 0) is 4.79 Å². The van der Waals surface area contributed by atoms with Crippen LogP contribution in [0, 0.1) is 0 Å². The molecule has 4 N–H and O–H groups in total. The van der Waals surface area contributed by atoms with Crippen molar-refractivity contribution in [3.63, 3.8) is 0 Å². The van der Waals surface area contributed by atoms with Crippen LogP contribution in [0.1, 0.15) is 25.7 Å². The Kier molecular flexibility index (Phi) is 4.18. The third kappa shape index (κ3) is 3.32. The zero-order valence-corrected chi connectivity index (χ0v) is 8.18. The van der Waals surface area contributed by atoms with Gasteiger partial charge in [-0.05, 0) is 19.9 Å². The van der Waals surface area contributed by atoms with E-state index in [0.717, 1.165) is 12.8 Å². The van der Waals surface area contributed by atoms with Gasteiger partial charge in [0.2, 0.25) is 5.91 Å². The summed E-state index contributed by atoms with van der Waals surface area (Å²) in [4.78, 5) is 11.2. The highest BCUT2D eigenvalue weighted by Gasteiger charge is 2.22. The van der Waals surface area contributed by atoms with E-state index in [1.807, 2.05) is 0 Å². The third-order valence-corrected chi connectivity index (χ3v) is 2.50. The Morgan fingerprint density at radius 2 is 2.15 bits per heavy atom. The van der Waals surface area contributed by atoms with Gasteiger partial charge in [0.15, 0.2) is 0 Å². The Hall–Kier alpha value is -0.610. The molecule has 0 bridgehead atoms. The molecule has 1 amide bonds. The van der Waals surface area contributed by atoms with Crippen molar-refractivity contribution < 1.29 is 4.79 Å². The summed E-state index contributed by atoms with van der Waals surface area (Å²) < 4.78 is 0. The van der Waals surface area contributed by atoms with Crippen LogP contribution in [0.4, 0.5) is 0 Å². The number of likely N-dealkylation sites (N-methyl/N-ethyl adjacent to an activating group) is 1. The van der Waals surface area contributed by atoms with Gasteiger partial charge in [-0.2, -0.15) is 0 Å². The molecule has 1 aliphatic carbocycles. The molecule has 76 valence electrons. The molecule has 13 heavy (non-hydrogen) atoms. The molecule has 0 aliphatic heterocycles. The van der Waals surface area contributed by atoms with Crippen molar-refractivity contribution in [3.05, 3.63) is 0 Å². The summed E-state index contributed by atoms with van der Waals surface area (Å²) in [7, 11) is 1.76. The van der Waals surface area contributed by atoms with Gasteiger partial charge in [0.25, 0.3) is 0 Å². The minimum absolute atomic E-state index is 0.0462. The summed E-state index contributed by atoms with van der Waals surface area (Å²) in [6.45, 7) is 0.378. The van der Waals surface area contributed by atoms with E-state index >= 15 is 0 Å². The number of nitrogens with one attached hydrogen (secondary N) is 2. The van der Waals surface area contributed by atoms with Crippen molar-refractivity contribution in [1.29, 1.82) is 0 Å². The smallest absolute Gasteiger partial charge is 0.234 e. The molecule has 0 spiro atoms. The molecule has 1 fully saturated rings. The number of nitrogens with two attached hydrogens (primary N) is 1. The second-order valence-corrected chi connectivity index (χ2v) is 3.65. The molecule has 2 atom stereocenters.